The molecular formula is C19H19BrF3NO3. The molecule has 0 aromatic heterocycles. The van der Waals surface area contributed by atoms with Gasteiger partial charge in [-0.3, -0.25) is 9.59 Å². The lowest BCUT2D eigenvalue weighted by Gasteiger charge is -2.58. The Balaban J connectivity index is 1.38. The van der Waals surface area contributed by atoms with E-state index >= 15 is 0 Å². The number of ether oxygens (including phenoxy) is 1. The highest BCUT2D eigenvalue weighted by molar-refractivity contribution is 9.10. The van der Waals surface area contributed by atoms with Crippen LogP contribution in [0.5, 0.6) is 0 Å². The highest BCUT2D eigenvalue weighted by Crippen LogP contribution is 2.64. The molecule has 0 spiro atoms. The fraction of sp³-hybridized carbons (Fsp3) is 0.579. The molecule has 0 aliphatic heterocycles. The molecule has 4 aliphatic carbocycles. The molecule has 4 aliphatic rings. The molecule has 0 radical (unpaired) electrons. The first kappa shape index (κ1) is 18.8. The van der Waals surface area contributed by atoms with E-state index < -0.39 is 47.0 Å². The Morgan fingerprint density at radius 2 is 1.78 bits per heavy atom. The smallest absolute Gasteiger partial charge is 0.312 e. The van der Waals surface area contributed by atoms with E-state index in [2.05, 4.69) is 21.2 Å². The maximum atomic E-state index is 13.6. The molecule has 4 nitrogen and oxygen atoms in total. The molecule has 1 amide bonds. The number of esters is 1. The van der Waals surface area contributed by atoms with Crippen LogP contribution in [0.25, 0.3) is 0 Å². The van der Waals surface area contributed by atoms with Gasteiger partial charge < -0.3 is 10.1 Å². The van der Waals surface area contributed by atoms with E-state index in [1.165, 1.54) is 0 Å². The third-order valence-corrected chi connectivity index (χ3v) is 6.99. The summed E-state index contributed by atoms with van der Waals surface area (Å²) < 4.78 is 45.0. The van der Waals surface area contributed by atoms with Crippen LogP contribution in [0.2, 0.25) is 0 Å². The Kier molecular flexibility index (Phi) is 4.52. The van der Waals surface area contributed by atoms with E-state index in [0.29, 0.717) is 24.3 Å². The van der Waals surface area contributed by atoms with E-state index in [4.69, 9.17) is 4.74 Å². The highest BCUT2D eigenvalue weighted by atomic mass is 79.9. The Morgan fingerprint density at radius 1 is 1.11 bits per heavy atom. The second-order valence-electron chi connectivity index (χ2n) is 8.24. The molecule has 2 atom stereocenters. The number of halogens is 4. The summed E-state index contributed by atoms with van der Waals surface area (Å²) in [7, 11) is 0. The number of carbonyl (C=O) groups is 2. The number of alkyl halides is 1. The number of carbonyl (C=O) groups excluding carboxylic acids is 2. The molecule has 4 fully saturated rings. The van der Waals surface area contributed by atoms with Gasteiger partial charge in [-0.15, -0.1) is 0 Å². The van der Waals surface area contributed by atoms with Crippen molar-refractivity contribution in [2.24, 2.45) is 17.3 Å². The standard InChI is InChI=1S/C19H19BrF3NO3/c20-19-6-10-3-11(7-19)5-18(4-10,9-19)17(26)27-8-14(25)24-13-2-1-12(21)15(22)16(13)23/h1-2,10-11H,3-9H2,(H,24,25)/t10-,11-,18?,19?/m0/s1. The monoisotopic (exact) mass is 445 g/mol. The maximum Gasteiger partial charge on any atom is 0.312 e. The van der Waals surface area contributed by atoms with E-state index in [1.807, 2.05) is 0 Å². The number of rotatable bonds is 4. The molecule has 27 heavy (non-hydrogen) atoms. The Morgan fingerprint density at radius 3 is 2.41 bits per heavy atom. The summed E-state index contributed by atoms with van der Waals surface area (Å²) in [5, 5.41) is 2.11. The van der Waals surface area contributed by atoms with Crippen molar-refractivity contribution in [1.29, 1.82) is 0 Å². The first-order valence-electron chi connectivity index (χ1n) is 8.99. The maximum absolute atomic E-state index is 13.6. The largest absolute Gasteiger partial charge is 0.455 e. The third-order valence-electron chi connectivity index (χ3n) is 6.07. The average molecular weight is 446 g/mol. The van der Waals surface area contributed by atoms with Crippen LogP contribution in [0, 0.1) is 34.7 Å². The van der Waals surface area contributed by atoms with Gasteiger partial charge in [-0.05, 0) is 62.5 Å². The van der Waals surface area contributed by atoms with Crippen LogP contribution in [0.3, 0.4) is 0 Å². The molecular weight excluding hydrogens is 427 g/mol. The van der Waals surface area contributed by atoms with Crippen LogP contribution in [-0.2, 0) is 14.3 Å². The molecule has 1 aromatic carbocycles. The predicted octanol–water partition coefficient (Wildman–Crippen LogP) is 4.32. The zero-order valence-corrected chi connectivity index (χ0v) is 16.1. The van der Waals surface area contributed by atoms with Crippen LogP contribution in [0.1, 0.15) is 38.5 Å². The predicted molar refractivity (Wildman–Crippen MR) is 94.7 cm³/mol. The minimum absolute atomic E-state index is 0.0207. The summed E-state index contributed by atoms with van der Waals surface area (Å²) in [5.41, 5.74) is -1.06. The van der Waals surface area contributed by atoms with Gasteiger partial charge in [0.05, 0.1) is 11.1 Å². The van der Waals surface area contributed by atoms with Crippen LogP contribution in [0.4, 0.5) is 18.9 Å². The van der Waals surface area contributed by atoms with Gasteiger partial charge >= 0.3 is 5.97 Å². The van der Waals surface area contributed by atoms with Crippen molar-refractivity contribution in [1.82, 2.24) is 0 Å². The van der Waals surface area contributed by atoms with Gasteiger partial charge in [0.1, 0.15) is 0 Å². The molecule has 5 rings (SSSR count). The first-order valence-corrected chi connectivity index (χ1v) is 9.79. The minimum Gasteiger partial charge on any atom is -0.455 e. The number of hydrogen-bond acceptors (Lipinski definition) is 3. The number of nitrogens with one attached hydrogen (secondary N) is 1. The number of anilines is 1. The summed E-state index contributed by atoms with van der Waals surface area (Å²) in [4.78, 5) is 24.7. The van der Waals surface area contributed by atoms with Crippen LogP contribution >= 0.6 is 15.9 Å². The summed E-state index contributed by atoms with van der Waals surface area (Å²) in [5.74, 6) is -4.72. The summed E-state index contributed by atoms with van der Waals surface area (Å²) in [6.07, 6.45) is 5.51. The normalized spacial score (nSPS) is 33.8. The van der Waals surface area contributed by atoms with Crippen LogP contribution in [0.15, 0.2) is 12.1 Å². The molecule has 1 aromatic rings. The quantitative estimate of drug-likeness (QED) is 0.426. The summed E-state index contributed by atoms with van der Waals surface area (Å²) >= 11 is 3.81. The van der Waals surface area contributed by atoms with Gasteiger partial charge in [-0.2, -0.15) is 0 Å². The molecule has 0 unspecified atom stereocenters. The first-order chi connectivity index (χ1) is 12.7. The van der Waals surface area contributed by atoms with Crippen molar-refractivity contribution in [3.8, 4) is 0 Å². The molecule has 4 saturated carbocycles. The Hall–Kier alpha value is -1.57. The average Bonchev–Trinajstić information content (AvgIpc) is 2.58. The molecule has 8 heteroatoms. The molecule has 0 saturated heterocycles. The van der Waals surface area contributed by atoms with E-state index in [1.54, 1.807) is 0 Å². The fourth-order valence-corrected chi connectivity index (χ4v) is 6.93. The van der Waals surface area contributed by atoms with Gasteiger partial charge in [0.25, 0.3) is 5.91 Å². The lowest BCUT2D eigenvalue weighted by Crippen LogP contribution is -2.56. The fourth-order valence-electron chi connectivity index (χ4n) is 5.48. The summed E-state index contributed by atoms with van der Waals surface area (Å²) in [6, 6.07) is 1.63. The second kappa shape index (κ2) is 6.50. The SMILES string of the molecule is O=C(COC(=O)C12C[C@@H]3C[C@H](CC(Br)(C3)C1)C2)Nc1ccc(F)c(F)c1F. The second-order valence-corrected chi connectivity index (χ2v) is 9.92. The van der Waals surface area contributed by atoms with Gasteiger partial charge in [0.15, 0.2) is 24.1 Å². The third kappa shape index (κ3) is 3.37. The van der Waals surface area contributed by atoms with Crippen molar-refractivity contribution >= 4 is 33.5 Å². The molecule has 1 N–H and O–H groups in total. The number of benzene rings is 1. The Bertz CT molecular complexity index is 802. The number of hydrogen-bond donors (Lipinski definition) is 1. The van der Waals surface area contributed by atoms with Gasteiger partial charge in [-0.1, -0.05) is 15.9 Å². The molecule has 0 heterocycles. The highest BCUT2D eigenvalue weighted by Gasteiger charge is 2.60. The van der Waals surface area contributed by atoms with E-state index in [-0.39, 0.29) is 4.32 Å². The van der Waals surface area contributed by atoms with Crippen LogP contribution in [-0.4, -0.2) is 22.8 Å². The lowest BCUT2D eigenvalue weighted by atomic mass is 9.49. The van der Waals surface area contributed by atoms with Crippen molar-refractivity contribution in [2.75, 3.05) is 11.9 Å². The van der Waals surface area contributed by atoms with Gasteiger partial charge in [-0.25, -0.2) is 13.2 Å². The van der Waals surface area contributed by atoms with Crippen molar-refractivity contribution in [2.45, 2.75) is 42.8 Å². The van der Waals surface area contributed by atoms with E-state index in [0.717, 1.165) is 38.2 Å². The lowest BCUT2D eigenvalue weighted by molar-refractivity contribution is -0.170. The summed E-state index contributed by atoms with van der Waals surface area (Å²) in [6.45, 7) is -0.594. The van der Waals surface area contributed by atoms with E-state index in [9.17, 15) is 22.8 Å². The topological polar surface area (TPSA) is 55.4 Å². The Labute approximate surface area is 163 Å². The van der Waals surface area contributed by atoms with Crippen molar-refractivity contribution in [3.63, 3.8) is 0 Å². The minimum atomic E-state index is -1.67. The van der Waals surface area contributed by atoms with Gasteiger partial charge in [0, 0.05) is 4.32 Å². The van der Waals surface area contributed by atoms with Crippen molar-refractivity contribution in [3.05, 3.63) is 29.6 Å². The van der Waals surface area contributed by atoms with Gasteiger partial charge in [0.2, 0.25) is 0 Å². The zero-order valence-electron chi connectivity index (χ0n) is 14.5. The number of amides is 1. The van der Waals surface area contributed by atoms with Crippen molar-refractivity contribution < 1.29 is 27.5 Å². The molecule has 146 valence electrons. The van der Waals surface area contributed by atoms with Crippen LogP contribution < -0.4 is 5.32 Å². The zero-order chi connectivity index (χ0) is 19.4. The molecule has 4 bridgehead atoms.